The summed E-state index contributed by atoms with van der Waals surface area (Å²) in [6, 6.07) is 0. The summed E-state index contributed by atoms with van der Waals surface area (Å²) in [7, 11) is 0. The van der Waals surface area contributed by atoms with Crippen LogP contribution in [0.4, 0.5) is 0 Å². The Labute approximate surface area is 137 Å². The first-order chi connectivity index (χ1) is 11.2. The number of aromatic nitrogens is 4. The van der Waals surface area contributed by atoms with E-state index in [0.717, 1.165) is 35.1 Å². The van der Waals surface area contributed by atoms with Crippen LogP contribution in [0.5, 0.6) is 0 Å². The molecule has 0 bridgehead atoms. The summed E-state index contributed by atoms with van der Waals surface area (Å²) in [6.07, 6.45) is 9.11. The van der Waals surface area contributed by atoms with Crippen LogP contribution < -0.4 is 5.73 Å². The Balaban J connectivity index is 1.74. The van der Waals surface area contributed by atoms with E-state index in [4.69, 9.17) is 10.3 Å². The highest BCUT2D eigenvalue weighted by Crippen LogP contribution is 2.28. The second kappa shape index (κ2) is 7.25. The third-order valence-electron chi connectivity index (χ3n) is 5.11. The molecule has 0 atom stereocenters. The van der Waals surface area contributed by atoms with Gasteiger partial charge in [-0.3, -0.25) is 0 Å². The highest BCUT2D eigenvalue weighted by atomic mass is 16.5. The van der Waals surface area contributed by atoms with Gasteiger partial charge in [-0.05, 0) is 32.6 Å². The molecular weight excluding hydrogens is 290 g/mol. The first kappa shape index (κ1) is 16.2. The SMILES string of the molecule is Cc1noc(C)c1Cn1nnc(CN)c1CCC1CCCCC1. The topological polar surface area (TPSA) is 82.8 Å². The van der Waals surface area contributed by atoms with Crippen LogP contribution in [0, 0.1) is 19.8 Å². The van der Waals surface area contributed by atoms with Crippen molar-refractivity contribution < 1.29 is 4.52 Å². The average molecular weight is 317 g/mol. The molecule has 2 heterocycles. The van der Waals surface area contributed by atoms with E-state index in [-0.39, 0.29) is 0 Å². The lowest BCUT2D eigenvalue weighted by molar-refractivity contribution is 0.336. The molecule has 6 heteroatoms. The number of rotatable bonds is 6. The van der Waals surface area contributed by atoms with Crippen molar-refractivity contribution in [2.75, 3.05) is 0 Å². The van der Waals surface area contributed by atoms with E-state index in [1.165, 1.54) is 44.2 Å². The molecule has 1 saturated carbocycles. The van der Waals surface area contributed by atoms with Gasteiger partial charge in [0.2, 0.25) is 0 Å². The molecule has 2 aromatic heterocycles. The number of hydrogen-bond donors (Lipinski definition) is 1. The highest BCUT2D eigenvalue weighted by Gasteiger charge is 2.19. The quantitative estimate of drug-likeness (QED) is 0.885. The van der Waals surface area contributed by atoms with Crippen molar-refractivity contribution in [2.45, 2.75) is 71.9 Å². The molecule has 0 saturated heterocycles. The minimum Gasteiger partial charge on any atom is -0.361 e. The number of nitrogens with zero attached hydrogens (tertiary/aromatic N) is 4. The third-order valence-corrected chi connectivity index (χ3v) is 5.11. The van der Waals surface area contributed by atoms with Crippen LogP contribution in [0.15, 0.2) is 4.52 Å². The molecule has 3 rings (SSSR count). The van der Waals surface area contributed by atoms with E-state index in [1.807, 2.05) is 18.5 Å². The summed E-state index contributed by atoms with van der Waals surface area (Å²) in [5.74, 6) is 1.70. The van der Waals surface area contributed by atoms with Gasteiger partial charge in [-0.25, -0.2) is 4.68 Å². The fourth-order valence-electron chi connectivity index (χ4n) is 3.62. The Kier molecular flexibility index (Phi) is 5.10. The molecule has 2 aromatic rings. The van der Waals surface area contributed by atoms with Gasteiger partial charge in [0.25, 0.3) is 0 Å². The van der Waals surface area contributed by atoms with E-state index in [1.54, 1.807) is 0 Å². The fraction of sp³-hybridized carbons (Fsp3) is 0.706. The van der Waals surface area contributed by atoms with E-state index in [0.29, 0.717) is 13.1 Å². The summed E-state index contributed by atoms with van der Waals surface area (Å²) >= 11 is 0. The van der Waals surface area contributed by atoms with E-state index < -0.39 is 0 Å². The minimum absolute atomic E-state index is 0.446. The second-order valence-corrected chi connectivity index (χ2v) is 6.69. The average Bonchev–Trinajstić information content (AvgIpc) is 3.11. The van der Waals surface area contributed by atoms with Gasteiger partial charge in [-0.15, -0.1) is 5.10 Å². The van der Waals surface area contributed by atoms with Crippen LogP contribution in [-0.4, -0.2) is 20.2 Å². The monoisotopic (exact) mass is 317 g/mol. The van der Waals surface area contributed by atoms with Crippen LogP contribution in [-0.2, 0) is 19.5 Å². The van der Waals surface area contributed by atoms with Crippen LogP contribution in [0.1, 0.15) is 66.9 Å². The lowest BCUT2D eigenvalue weighted by Crippen LogP contribution is -2.13. The summed E-state index contributed by atoms with van der Waals surface area (Å²) < 4.78 is 7.24. The summed E-state index contributed by atoms with van der Waals surface area (Å²) in [5, 5.41) is 12.6. The van der Waals surface area contributed by atoms with Gasteiger partial charge in [0.15, 0.2) is 0 Å². The highest BCUT2D eigenvalue weighted by molar-refractivity contribution is 5.22. The van der Waals surface area contributed by atoms with Crippen LogP contribution >= 0.6 is 0 Å². The zero-order chi connectivity index (χ0) is 16.2. The van der Waals surface area contributed by atoms with Crippen molar-refractivity contribution in [1.82, 2.24) is 20.2 Å². The molecule has 0 radical (unpaired) electrons. The lowest BCUT2D eigenvalue weighted by Gasteiger charge is -2.21. The number of nitrogens with two attached hydrogens (primary N) is 1. The fourth-order valence-corrected chi connectivity index (χ4v) is 3.62. The predicted octanol–water partition coefficient (Wildman–Crippen LogP) is 2.90. The van der Waals surface area contributed by atoms with Gasteiger partial charge in [0.05, 0.1) is 23.6 Å². The molecule has 0 aliphatic heterocycles. The Hall–Kier alpha value is -1.69. The van der Waals surface area contributed by atoms with Crippen LogP contribution in [0.3, 0.4) is 0 Å². The molecule has 0 unspecified atom stereocenters. The summed E-state index contributed by atoms with van der Waals surface area (Å²) in [5.41, 5.74) is 9.98. The molecule has 0 amide bonds. The van der Waals surface area contributed by atoms with Crippen molar-refractivity contribution >= 4 is 0 Å². The van der Waals surface area contributed by atoms with Gasteiger partial charge in [0, 0.05) is 12.1 Å². The minimum atomic E-state index is 0.446. The van der Waals surface area contributed by atoms with Crippen molar-refractivity contribution in [3.05, 3.63) is 28.4 Å². The van der Waals surface area contributed by atoms with Crippen molar-refractivity contribution in [3.8, 4) is 0 Å². The van der Waals surface area contributed by atoms with E-state index in [2.05, 4.69) is 15.5 Å². The zero-order valence-electron chi connectivity index (χ0n) is 14.2. The maximum atomic E-state index is 5.86. The first-order valence-electron chi connectivity index (χ1n) is 8.72. The smallest absolute Gasteiger partial charge is 0.138 e. The Morgan fingerprint density at radius 1 is 1.22 bits per heavy atom. The Morgan fingerprint density at radius 3 is 2.65 bits per heavy atom. The largest absolute Gasteiger partial charge is 0.361 e. The summed E-state index contributed by atoms with van der Waals surface area (Å²) in [4.78, 5) is 0. The standard InChI is InChI=1S/C17H27N5O/c1-12-15(13(2)23-20-12)11-22-17(16(10-18)19-21-22)9-8-14-6-4-3-5-7-14/h14H,3-11,18H2,1-2H3. The molecule has 6 nitrogen and oxygen atoms in total. The van der Waals surface area contributed by atoms with Gasteiger partial charge >= 0.3 is 0 Å². The molecule has 126 valence electrons. The van der Waals surface area contributed by atoms with E-state index >= 15 is 0 Å². The van der Waals surface area contributed by atoms with E-state index in [9.17, 15) is 0 Å². The van der Waals surface area contributed by atoms with Crippen LogP contribution in [0.25, 0.3) is 0 Å². The lowest BCUT2D eigenvalue weighted by atomic mass is 9.85. The molecule has 2 N–H and O–H groups in total. The van der Waals surface area contributed by atoms with Crippen molar-refractivity contribution in [2.24, 2.45) is 11.7 Å². The molecule has 1 aliphatic rings. The van der Waals surface area contributed by atoms with Gasteiger partial charge in [-0.2, -0.15) is 0 Å². The second-order valence-electron chi connectivity index (χ2n) is 6.69. The maximum absolute atomic E-state index is 5.86. The van der Waals surface area contributed by atoms with Gasteiger partial charge in [-0.1, -0.05) is 42.5 Å². The Morgan fingerprint density at radius 2 is 2.00 bits per heavy atom. The maximum Gasteiger partial charge on any atom is 0.138 e. The molecule has 23 heavy (non-hydrogen) atoms. The third kappa shape index (κ3) is 3.63. The molecule has 0 aromatic carbocycles. The van der Waals surface area contributed by atoms with Gasteiger partial charge < -0.3 is 10.3 Å². The van der Waals surface area contributed by atoms with Crippen molar-refractivity contribution in [1.29, 1.82) is 0 Å². The first-order valence-corrected chi connectivity index (χ1v) is 8.72. The normalized spacial score (nSPS) is 16.1. The Bertz CT molecular complexity index is 620. The molecule has 1 fully saturated rings. The summed E-state index contributed by atoms with van der Waals surface area (Å²) in [6.45, 7) is 5.02. The number of hydrogen-bond acceptors (Lipinski definition) is 5. The van der Waals surface area contributed by atoms with Gasteiger partial charge in [0.1, 0.15) is 5.76 Å². The molecule has 1 aliphatic carbocycles. The number of aryl methyl sites for hydroxylation is 2. The zero-order valence-corrected chi connectivity index (χ0v) is 14.2. The molecular formula is C17H27N5O. The van der Waals surface area contributed by atoms with Crippen LogP contribution in [0.2, 0.25) is 0 Å². The predicted molar refractivity (Wildman–Crippen MR) is 87.9 cm³/mol. The van der Waals surface area contributed by atoms with Crippen molar-refractivity contribution in [3.63, 3.8) is 0 Å². The molecule has 0 spiro atoms.